The van der Waals surface area contributed by atoms with Crippen LogP contribution in [0.5, 0.6) is 0 Å². The number of hydrogen-bond acceptors (Lipinski definition) is 2. The van der Waals surface area contributed by atoms with Gasteiger partial charge in [-0.15, -0.1) is 0 Å². The summed E-state index contributed by atoms with van der Waals surface area (Å²) in [4.78, 5) is 11.9. The van der Waals surface area contributed by atoms with Crippen LogP contribution in [-0.2, 0) is 11.3 Å². The van der Waals surface area contributed by atoms with Crippen molar-refractivity contribution >= 4 is 28.3 Å². The molecule has 0 unspecified atom stereocenters. The Kier molecular flexibility index (Phi) is 3.97. The highest BCUT2D eigenvalue weighted by atomic mass is 35.5. The SMILES string of the molecule is COCCn1c(Cl)c(C(C)=O)c2cc(C)cc(C)c21. The van der Waals surface area contributed by atoms with Gasteiger partial charge < -0.3 is 9.30 Å². The number of carbonyl (C=O) groups excluding carboxylic acids is 1. The first-order valence-corrected chi connectivity index (χ1v) is 6.64. The molecule has 0 fully saturated rings. The van der Waals surface area contributed by atoms with Gasteiger partial charge in [0, 0.05) is 19.0 Å². The number of ether oxygens (including phenoxy) is 1. The lowest BCUT2D eigenvalue weighted by molar-refractivity contribution is 0.101. The Morgan fingerprint density at radius 1 is 1.37 bits per heavy atom. The van der Waals surface area contributed by atoms with Crippen LogP contribution < -0.4 is 0 Å². The van der Waals surface area contributed by atoms with E-state index in [-0.39, 0.29) is 5.78 Å². The normalized spacial score (nSPS) is 11.2. The van der Waals surface area contributed by atoms with Crippen molar-refractivity contribution in [1.82, 2.24) is 4.57 Å². The molecule has 2 rings (SSSR count). The molecule has 1 aromatic carbocycles. The molecule has 0 spiro atoms. The zero-order chi connectivity index (χ0) is 14.2. The molecule has 0 aliphatic rings. The topological polar surface area (TPSA) is 31.2 Å². The molecule has 1 aromatic heterocycles. The summed E-state index contributed by atoms with van der Waals surface area (Å²) in [5.41, 5.74) is 3.89. The first-order valence-electron chi connectivity index (χ1n) is 6.26. The van der Waals surface area contributed by atoms with Crippen LogP contribution in [0.25, 0.3) is 10.9 Å². The van der Waals surface area contributed by atoms with E-state index in [0.717, 1.165) is 22.0 Å². The van der Waals surface area contributed by atoms with E-state index in [2.05, 4.69) is 6.07 Å². The molecule has 1 heterocycles. The fourth-order valence-corrected chi connectivity index (χ4v) is 2.98. The summed E-state index contributed by atoms with van der Waals surface area (Å²) < 4.78 is 7.08. The summed E-state index contributed by atoms with van der Waals surface area (Å²) in [6, 6.07) is 4.13. The molecule has 19 heavy (non-hydrogen) atoms. The number of benzene rings is 1. The van der Waals surface area contributed by atoms with Gasteiger partial charge in [0.15, 0.2) is 5.78 Å². The summed E-state index contributed by atoms with van der Waals surface area (Å²) in [5, 5.41) is 1.44. The lowest BCUT2D eigenvalue weighted by atomic mass is 10.0. The Hall–Kier alpha value is -1.32. The molecule has 0 saturated heterocycles. The maximum atomic E-state index is 11.9. The highest BCUT2D eigenvalue weighted by molar-refractivity contribution is 6.35. The molecule has 0 atom stereocenters. The number of aryl methyl sites for hydroxylation is 2. The number of hydrogen-bond donors (Lipinski definition) is 0. The molecule has 0 aliphatic carbocycles. The van der Waals surface area contributed by atoms with E-state index >= 15 is 0 Å². The highest BCUT2D eigenvalue weighted by Crippen LogP contribution is 2.33. The third-order valence-corrected chi connectivity index (χ3v) is 3.69. The Balaban J connectivity index is 2.80. The lowest BCUT2D eigenvalue weighted by Gasteiger charge is -2.08. The minimum atomic E-state index is -0.00355. The van der Waals surface area contributed by atoms with Crippen molar-refractivity contribution < 1.29 is 9.53 Å². The zero-order valence-electron chi connectivity index (χ0n) is 11.7. The van der Waals surface area contributed by atoms with Crippen LogP contribution in [0.4, 0.5) is 0 Å². The van der Waals surface area contributed by atoms with Crippen LogP contribution >= 0.6 is 11.6 Å². The van der Waals surface area contributed by atoms with Gasteiger partial charge in [-0.1, -0.05) is 23.2 Å². The molecule has 0 saturated carbocycles. The summed E-state index contributed by atoms with van der Waals surface area (Å²) >= 11 is 6.39. The van der Waals surface area contributed by atoms with Gasteiger partial charge in [-0.3, -0.25) is 4.79 Å². The van der Waals surface area contributed by atoms with E-state index in [9.17, 15) is 4.79 Å². The van der Waals surface area contributed by atoms with Crippen LogP contribution in [0.1, 0.15) is 28.4 Å². The second-order valence-corrected chi connectivity index (χ2v) is 5.20. The van der Waals surface area contributed by atoms with Crippen molar-refractivity contribution in [3.8, 4) is 0 Å². The zero-order valence-corrected chi connectivity index (χ0v) is 12.5. The number of rotatable bonds is 4. The van der Waals surface area contributed by atoms with Gasteiger partial charge in [0.2, 0.25) is 0 Å². The van der Waals surface area contributed by atoms with E-state index in [1.165, 1.54) is 0 Å². The molecule has 4 heteroatoms. The molecule has 0 bridgehead atoms. The van der Waals surface area contributed by atoms with Crippen molar-refractivity contribution in [3.63, 3.8) is 0 Å². The number of methoxy groups -OCH3 is 1. The van der Waals surface area contributed by atoms with E-state index in [1.807, 2.05) is 24.5 Å². The molecule has 102 valence electrons. The van der Waals surface area contributed by atoms with Gasteiger partial charge in [-0.2, -0.15) is 0 Å². The number of halogens is 1. The lowest BCUT2D eigenvalue weighted by Crippen LogP contribution is -2.05. The predicted octanol–water partition coefficient (Wildman–Crippen LogP) is 3.76. The highest BCUT2D eigenvalue weighted by Gasteiger charge is 2.20. The fourth-order valence-electron chi connectivity index (χ4n) is 2.58. The maximum absolute atomic E-state index is 11.9. The second-order valence-electron chi connectivity index (χ2n) is 4.84. The number of fused-ring (bicyclic) bond motifs is 1. The van der Waals surface area contributed by atoms with Crippen LogP contribution in [-0.4, -0.2) is 24.1 Å². The Morgan fingerprint density at radius 2 is 2.05 bits per heavy atom. The van der Waals surface area contributed by atoms with Gasteiger partial charge in [-0.25, -0.2) is 0 Å². The summed E-state index contributed by atoms with van der Waals surface area (Å²) in [5.74, 6) is -0.00355. The fraction of sp³-hybridized carbons (Fsp3) is 0.400. The second kappa shape index (κ2) is 5.35. The van der Waals surface area contributed by atoms with Crippen LogP contribution in [0.3, 0.4) is 0 Å². The van der Waals surface area contributed by atoms with E-state index < -0.39 is 0 Å². The summed E-state index contributed by atoms with van der Waals surface area (Å²) in [6.07, 6.45) is 0. The Bertz CT molecular complexity index is 643. The molecular formula is C15H18ClNO2. The molecule has 0 amide bonds. The van der Waals surface area contributed by atoms with Gasteiger partial charge in [-0.05, 0) is 32.4 Å². The van der Waals surface area contributed by atoms with Crippen molar-refractivity contribution in [2.24, 2.45) is 0 Å². The third kappa shape index (κ3) is 2.40. The molecule has 0 radical (unpaired) electrons. The van der Waals surface area contributed by atoms with Crippen LogP contribution in [0.2, 0.25) is 5.15 Å². The standard InChI is InChI=1S/C15H18ClNO2/c1-9-7-10(2)14-12(8-9)13(11(3)18)15(16)17(14)5-6-19-4/h7-8H,5-6H2,1-4H3. The number of carbonyl (C=O) groups is 1. The van der Waals surface area contributed by atoms with Crippen molar-refractivity contribution in [2.75, 3.05) is 13.7 Å². The Morgan fingerprint density at radius 3 is 2.63 bits per heavy atom. The number of Topliss-reactive ketones (excluding diaryl/α,β-unsaturated/α-hetero) is 1. The van der Waals surface area contributed by atoms with E-state index in [1.54, 1.807) is 14.0 Å². The minimum Gasteiger partial charge on any atom is -0.383 e. The molecular weight excluding hydrogens is 262 g/mol. The van der Waals surface area contributed by atoms with Crippen molar-refractivity contribution in [1.29, 1.82) is 0 Å². The monoisotopic (exact) mass is 279 g/mol. The van der Waals surface area contributed by atoms with Gasteiger partial charge >= 0.3 is 0 Å². The molecule has 2 aromatic rings. The van der Waals surface area contributed by atoms with E-state index in [0.29, 0.717) is 23.9 Å². The largest absolute Gasteiger partial charge is 0.383 e. The molecule has 0 aliphatic heterocycles. The van der Waals surface area contributed by atoms with Gasteiger partial charge in [0.1, 0.15) is 5.15 Å². The van der Waals surface area contributed by atoms with Gasteiger partial charge in [0.25, 0.3) is 0 Å². The summed E-state index contributed by atoms with van der Waals surface area (Å²) in [6.45, 7) is 6.83. The first kappa shape index (κ1) is 14.1. The average Bonchev–Trinajstić information content (AvgIpc) is 2.58. The van der Waals surface area contributed by atoms with Crippen molar-refractivity contribution in [3.05, 3.63) is 34.0 Å². The van der Waals surface area contributed by atoms with Crippen molar-refractivity contribution in [2.45, 2.75) is 27.3 Å². The molecule has 3 nitrogen and oxygen atoms in total. The number of aromatic nitrogens is 1. The van der Waals surface area contributed by atoms with Crippen LogP contribution in [0, 0.1) is 13.8 Å². The molecule has 0 N–H and O–H groups in total. The number of nitrogens with zero attached hydrogens (tertiary/aromatic N) is 1. The maximum Gasteiger partial charge on any atom is 0.163 e. The average molecular weight is 280 g/mol. The summed E-state index contributed by atoms with van der Waals surface area (Å²) in [7, 11) is 1.66. The Labute approximate surface area is 118 Å². The quantitative estimate of drug-likeness (QED) is 0.798. The van der Waals surface area contributed by atoms with Crippen LogP contribution in [0.15, 0.2) is 12.1 Å². The smallest absolute Gasteiger partial charge is 0.163 e. The first-order chi connectivity index (χ1) is 8.97. The van der Waals surface area contributed by atoms with Gasteiger partial charge in [0.05, 0.1) is 17.7 Å². The predicted molar refractivity (Wildman–Crippen MR) is 78.3 cm³/mol. The third-order valence-electron chi connectivity index (χ3n) is 3.30. The minimum absolute atomic E-state index is 0.00355. The number of ketones is 1. The van der Waals surface area contributed by atoms with E-state index in [4.69, 9.17) is 16.3 Å².